The van der Waals surface area contributed by atoms with Crippen LogP contribution in [0.15, 0.2) is 30.3 Å². The molecule has 1 rings (SSSR count). The maximum Gasteiger partial charge on any atom is 0.435 e. The van der Waals surface area contributed by atoms with E-state index in [9.17, 15) is 25.0 Å². The molecule has 0 spiro atoms. The van der Waals surface area contributed by atoms with Crippen LogP contribution in [-0.2, 0) is 4.79 Å². The highest BCUT2D eigenvalue weighted by atomic mass is 16.7. The standard InChI is InChI=1S/C8H7N3O6/c12-8(13)7(10(14)15)9(11(16)17)6-4-2-1-3-5-6/h1-5,7H,(H,12,13)/t7-/m0/s1. The average Bonchev–Trinajstić information content (AvgIpc) is 2.25. The molecule has 17 heavy (non-hydrogen) atoms. The smallest absolute Gasteiger partial charge is 0.435 e. The Kier molecular flexibility index (Phi) is 3.55. The first-order valence-electron chi connectivity index (χ1n) is 4.30. The lowest BCUT2D eigenvalue weighted by molar-refractivity contribution is -0.589. The number of hydrogen-bond acceptors (Lipinski definition) is 5. The third kappa shape index (κ3) is 2.65. The van der Waals surface area contributed by atoms with Crippen molar-refractivity contribution in [3.8, 4) is 0 Å². The summed E-state index contributed by atoms with van der Waals surface area (Å²) in [6.07, 6.45) is -2.47. The predicted molar refractivity (Wildman–Crippen MR) is 54.3 cm³/mol. The van der Waals surface area contributed by atoms with Gasteiger partial charge in [-0.05, 0) is 17.1 Å². The van der Waals surface area contributed by atoms with Crippen LogP contribution < -0.4 is 5.01 Å². The summed E-state index contributed by atoms with van der Waals surface area (Å²) in [6.45, 7) is 0. The number of carboxylic acids is 1. The third-order valence-corrected chi connectivity index (χ3v) is 1.85. The minimum absolute atomic E-state index is 0.0116. The fraction of sp³-hybridized carbons (Fsp3) is 0.125. The Hall–Kier alpha value is -2.71. The van der Waals surface area contributed by atoms with Gasteiger partial charge in [-0.1, -0.05) is 18.2 Å². The van der Waals surface area contributed by atoms with Crippen LogP contribution in [0.1, 0.15) is 0 Å². The van der Waals surface area contributed by atoms with Crippen LogP contribution in [0.5, 0.6) is 0 Å². The van der Waals surface area contributed by atoms with E-state index in [1.54, 1.807) is 6.07 Å². The van der Waals surface area contributed by atoms with E-state index in [-0.39, 0.29) is 10.7 Å². The molecule has 1 N–H and O–H groups in total. The van der Waals surface area contributed by atoms with Crippen molar-refractivity contribution in [1.29, 1.82) is 0 Å². The number of carboxylic acid groups (broad SMARTS) is 1. The van der Waals surface area contributed by atoms with Crippen molar-refractivity contribution in [3.63, 3.8) is 0 Å². The molecule has 0 amide bonds. The highest BCUT2D eigenvalue weighted by Gasteiger charge is 2.44. The van der Waals surface area contributed by atoms with Crippen LogP contribution in [0, 0.1) is 20.2 Å². The minimum Gasteiger partial charge on any atom is -0.474 e. The number of hydrogen-bond donors (Lipinski definition) is 1. The molecule has 9 heteroatoms. The first kappa shape index (κ1) is 12.4. The molecule has 1 aromatic carbocycles. The van der Waals surface area contributed by atoms with Crippen molar-refractivity contribution in [2.75, 3.05) is 5.01 Å². The van der Waals surface area contributed by atoms with Gasteiger partial charge in [0.05, 0.1) is 4.92 Å². The summed E-state index contributed by atoms with van der Waals surface area (Å²) in [5, 5.41) is 28.7. The summed E-state index contributed by atoms with van der Waals surface area (Å²) in [5.74, 6) is -1.91. The van der Waals surface area contributed by atoms with E-state index in [1.807, 2.05) is 0 Å². The quantitative estimate of drug-likeness (QED) is 0.448. The monoisotopic (exact) mass is 241 g/mol. The summed E-state index contributed by atoms with van der Waals surface area (Å²) in [4.78, 5) is 30.7. The molecule has 9 nitrogen and oxygen atoms in total. The van der Waals surface area contributed by atoms with Crippen molar-refractivity contribution in [3.05, 3.63) is 50.6 Å². The molecule has 0 saturated carbocycles. The van der Waals surface area contributed by atoms with Gasteiger partial charge in [0.15, 0.2) is 5.03 Å². The molecule has 0 fully saturated rings. The fourth-order valence-corrected chi connectivity index (χ4v) is 1.19. The van der Waals surface area contributed by atoms with Crippen LogP contribution in [0.4, 0.5) is 5.69 Å². The molecule has 90 valence electrons. The van der Waals surface area contributed by atoms with Gasteiger partial charge in [-0.2, -0.15) is 0 Å². The molecule has 0 saturated heterocycles. The zero-order chi connectivity index (χ0) is 13.0. The molecule has 1 aromatic rings. The van der Waals surface area contributed by atoms with E-state index in [0.717, 1.165) is 0 Å². The Morgan fingerprint density at radius 3 is 2.12 bits per heavy atom. The van der Waals surface area contributed by atoms with E-state index < -0.39 is 22.1 Å². The number of aliphatic carboxylic acids is 1. The largest absolute Gasteiger partial charge is 0.474 e. The second-order valence-corrected chi connectivity index (χ2v) is 2.92. The predicted octanol–water partition coefficient (Wildman–Crippen LogP) is 0.372. The van der Waals surface area contributed by atoms with Gasteiger partial charge in [0.1, 0.15) is 5.69 Å². The fourth-order valence-electron chi connectivity index (χ4n) is 1.19. The van der Waals surface area contributed by atoms with Gasteiger partial charge in [-0.3, -0.25) is 10.1 Å². The van der Waals surface area contributed by atoms with Gasteiger partial charge in [-0.15, -0.1) is 0 Å². The Labute approximate surface area is 94.2 Å². The average molecular weight is 241 g/mol. The molecule has 0 bridgehead atoms. The van der Waals surface area contributed by atoms with Crippen molar-refractivity contribution < 1.29 is 19.9 Å². The molecule has 0 aliphatic carbocycles. The van der Waals surface area contributed by atoms with Crippen molar-refractivity contribution >= 4 is 11.7 Å². The number of para-hydroxylation sites is 1. The molecule has 0 radical (unpaired) electrons. The van der Waals surface area contributed by atoms with E-state index in [4.69, 9.17) is 5.11 Å². The first-order chi connectivity index (χ1) is 7.95. The number of rotatable bonds is 5. The van der Waals surface area contributed by atoms with Crippen LogP contribution >= 0.6 is 0 Å². The van der Waals surface area contributed by atoms with Gasteiger partial charge in [0.25, 0.3) is 0 Å². The molecule has 0 aliphatic heterocycles. The van der Waals surface area contributed by atoms with Crippen LogP contribution in [0.25, 0.3) is 0 Å². The number of hydrazine groups is 1. The topological polar surface area (TPSA) is 127 Å². The molecule has 0 aliphatic rings. The second kappa shape index (κ2) is 4.88. The zero-order valence-electron chi connectivity index (χ0n) is 8.29. The van der Waals surface area contributed by atoms with Gasteiger partial charge < -0.3 is 5.11 Å². The van der Waals surface area contributed by atoms with E-state index in [0.29, 0.717) is 0 Å². The van der Waals surface area contributed by atoms with E-state index in [2.05, 4.69) is 0 Å². The molecule has 0 heterocycles. The molecule has 0 unspecified atom stereocenters. The van der Waals surface area contributed by atoms with Crippen molar-refractivity contribution in [1.82, 2.24) is 0 Å². The summed E-state index contributed by atoms with van der Waals surface area (Å²) >= 11 is 0. The number of carbonyl (C=O) groups is 1. The van der Waals surface area contributed by atoms with E-state index >= 15 is 0 Å². The molecule has 0 aromatic heterocycles. The highest BCUT2D eigenvalue weighted by Crippen LogP contribution is 2.17. The maximum absolute atomic E-state index is 10.7. The summed E-state index contributed by atoms with van der Waals surface area (Å²) < 4.78 is 0. The van der Waals surface area contributed by atoms with Crippen molar-refractivity contribution in [2.45, 2.75) is 6.17 Å². The Morgan fingerprint density at radius 2 is 1.76 bits per heavy atom. The third-order valence-electron chi connectivity index (χ3n) is 1.85. The number of nitrogens with zero attached hydrogens (tertiary/aromatic N) is 3. The van der Waals surface area contributed by atoms with Gasteiger partial charge in [-0.25, -0.2) is 14.9 Å². The number of nitro groups is 2. The van der Waals surface area contributed by atoms with Gasteiger partial charge in [0.2, 0.25) is 0 Å². The Morgan fingerprint density at radius 1 is 1.24 bits per heavy atom. The molecule has 1 atom stereocenters. The van der Waals surface area contributed by atoms with Crippen LogP contribution in [0.2, 0.25) is 0 Å². The van der Waals surface area contributed by atoms with Crippen molar-refractivity contribution in [2.24, 2.45) is 0 Å². The normalized spacial score (nSPS) is 11.5. The summed E-state index contributed by atoms with van der Waals surface area (Å²) in [7, 11) is 0. The zero-order valence-corrected chi connectivity index (χ0v) is 8.29. The number of benzene rings is 1. The number of anilines is 1. The minimum atomic E-state index is -2.47. The lowest BCUT2D eigenvalue weighted by Crippen LogP contribution is -2.50. The maximum atomic E-state index is 10.7. The molecular formula is C8H7N3O6. The Balaban J connectivity index is 3.22. The highest BCUT2D eigenvalue weighted by molar-refractivity contribution is 5.75. The SMILES string of the molecule is O=C(O)[C@@H](N(c1ccccc1)[N+](=O)[O-])[N+](=O)[O-]. The first-order valence-corrected chi connectivity index (χ1v) is 4.30. The lowest BCUT2D eigenvalue weighted by atomic mass is 10.3. The summed E-state index contributed by atoms with van der Waals surface area (Å²) in [6, 6.07) is 6.78. The molecular weight excluding hydrogens is 234 g/mol. The Bertz CT molecular complexity index is 434. The van der Waals surface area contributed by atoms with E-state index in [1.165, 1.54) is 24.3 Å². The van der Waals surface area contributed by atoms with Gasteiger partial charge >= 0.3 is 12.1 Å². The van der Waals surface area contributed by atoms with Crippen LogP contribution in [-0.4, -0.2) is 27.2 Å². The lowest BCUT2D eigenvalue weighted by Gasteiger charge is -2.14. The van der Waals surface area contributed by atoms with Crippen LogP contribution in [0.3, 0.4) is 0 Å². The van der Waals surface area contributed by atoms with Gasteiger partial charge in [0, 0.05) is 0 Å². The second-order valence-electron chi connectivity index (χ2n) is 2.92. The summed E-state index contributed by atoms with van der Waals surface area (Å²) in [5.41, 5.74) is -0.179.